The van der Waals surface area contributed by atoms with E-state index < -0.39 is 0 Å². The topological polar surface area (TPSA) is 45.2 Å². The summed E-state index contributed by atoms with van der Waals surface area (Å²) in [6.45, 7) is 3.65. The van der Waals surface area contributed by atoms with E-state index in [1.807, 2.05) is 36.1 Å². The van der Waals surface area contributed by atoms with Crippen molar-refractivity contribution in [2.75, 3.05) is 18.4 Å². The number of amides is 1. The maximum atomic E-state index is 12.4. The summed E-state index contributed by atoms with van der Waals surface area (Å²) in [4.78, 5) is 18.6. The Morgan fingerprint density at radius 3 is 2.86 bits per heavy atom. The minimum absolute atomic E-state index is 0.159. The Kier molecular flexibility index (Phi) is 3.97. The second-order valence-corrected chi connectivity index (χ2v) is 5.85. The molecule has 21 heavy (non-hydrogen) atoms. The predicted molar refractivity (Wildman–Crippen MR) is 85.7 cm³/mol. The molecule has 2 aromatic rings. The lowest BCUT2D eigenvalue weighted by molar-refractivity contribution is -0.130. The number of nitrogens with one attached hydrogen (secondary N) is 1. The first-order valence-electron chi connectivity index (χ1n) is 7.25. The first-order valence-corrected chi connectivity index (χ1v) is 7.62. The fourth-order valence-electron chi connectivity index (χ4n) is 2.75. The van der Waals surface area contributed by atoms with Crippen LogP contribution in [0.1, 0.15) is 19.8 Å². The van der Waals surface area contributed by atoms with Crippen molar-refractivity contribution in [2.24, 2.45) is 0 Å². The Bertz CT molecular complexity index is 668. The van der Waals surface area contributed by atoms with Gasteiger partial charge >= 0.3 is 0 Å². The van der Waals surface area contributed by atoms with Gasteiger partial charge in [0.2, 0.25) is 5.91 Å². The molecule has 1 atom stereocenters. The van der Waals surface area contributed by atoms with Gasteiger partial charge in [0, 0.05) is 35.4 Å². The number of likely N-dealkylation sites (tertiary alicyclic amines) is 1. The van der Waals surface area contributed by atoms with Gasteiger partial charge in [0.05, 0.1) is 5.52 Å². The van der Waals surface area contributed by atoms with Crippen molar-refractivity contribution >= 4 is 34.1 Å². The molecule has 1 aromatic carbocycles. The Balaban J connectivity index is 1.82. The number of halogens is 1. The first kappa shape index (κ1) is 14.1. The Morgan fingerprint density at radius 1 is 1.33 bits per heavy atom. The summed E-state index contributed by atoms with van der Waals surface area (Å²) < 4.78 is 0. The highest BCUT2D eigenvalue weighted by atomic mass is 35.5. The third kappa shape index (κ3) is 2.95. The van der Waals surface area contributed by atoms with Crippen LogP contribution in [-0.2, 0) is 4.79 Å². The predicted octanol–water partition coefficient (Wildman–Crippen LogP) is 3.31. The van der Waals surface area contributed by atoms with Crippen LogP contribution < -0.4 is 5.32 Å². The van der Waals surface area contributed by atoms with E-state index >= 15 is 0 Å². The Labute approximate surface area is 129 Å². The van der Waals surface area contributed by atoms with Gasteiger partial charge in [0.1, 0.15) is 6.04 Å². The molecule has 0 spiro atoms. The fraction of sp³-hybridized carbons (Fsp3) is 0.375. The summed E-state index contributed by atoms with van der Waals surface area (Å²) in [5.74, 6) is 0.159. The lowest BCUT2D eigenvalue weighted by Gasteiger charge is -2.22. The molecule has 3 rings (SSSR count). The molecule has 1 unspecified atom stereocenters. The maximum Gasteiger partial charge on any atom is 0.244 e. The second-order valence-electron chi connectivity index (χ2n) is 5.42. The van der Waals surface area contributed by atoms with Crippen LogP contribution in [0.4, 0.5) is 5.69 Å². The van der Waals surface area contributed by atoms with Gasteiger partial charge in [-0.3, -0.25) is 9.78 Å². The average Bonchev–Trinajstić information content (AvgIpc) is 3.00. The van der Waals surface area contributed by atoms with E-state index in [-0.39, 0.29) is 11.9 Å². The van der Waals surface area contributed by atoms with Gasteiger partial charge in [-0.15, -0.1) is 0 Å². The zero-order valence-electron chi connectivity index (χ0n) is 12.0. The van der Waals surface area contributed by atoms with Crippen molar-refractivity contribution in [1.29, 1.82) is 0 Å². The van der Waals surface area contributed by atoms with Crippen LogP contribution in [0.3, 0.4) is 0 Å². The Morgan fingerprint density at radius 2 is 2.10 bits per heavy atom. The number of hydrogen-bond acceptors (Lipinski definition) is 3. The lowest BCUT2D eigenvalue weighted by Crippen LogP contribution is -2.39. The molecule has 1 aromatic heterocycles. The number of nitrogens with zero attached hydrogens (tertiary/aromatic N) is 2. The van der Waals surface area contributed by atoms with E-state index in [0.29, 0.717) is 5.02 Å². The number of carbonyl (C=O) groups excluding carboxylic acids is 1. The summed E-state index contributed by atoms with van der Waals surface area (Å²) in [7, 11) is 0. The molecule has 5 heteroatoms. The molecular weight excluding hydrogens is 286 g/mol. The molecule has 1 amide bonds. The van der Waals surface area contributed by atoms with Gasteiger partial charge in [-0.05, 0) is 44.0 Å². The normalized spacial score (nSPS) is 16.2. The number of benzene rings is 1. The van der Waals surface area contributed by atoms with Crippen molar-refractivity contribution in [3.05, 3.63) is 35.5 Å². The lowest BCUT2D eigenvalue weighted by atomic mass is 10.1. The summed E-state index contributed by atoms with van der Waals surface area (Å²) >= 11 is 5.99. The van der Waals surface area contributed by atoms with Gasteiger partial charge < -0.3 is 10.2 Å². The number of hydrogen-bond donors (Lipinski definition) is 1. The van der Waals surface area contributed by atoms with E-state index in [2.05, 4.69) is 10.3 Å². The van der Waals surface area contributed by atoms with Crippen LogP contribution >= 0.6 is 11.6 Å². The van der Waals surface area contributed by atoms with Crippen LogP contribution in [0.15, 0.2) is 30.5 Å². The summed E-state index contributed by atoms with van der Waals surface area (Å²) in [5, 5.41) is 4.94. The first-order chi connectivity index (χ1) is 10.1. The highest BCUT2D eigenvalue weighted by Gasteiger charge is 2.23. The molecule has 2 heterocycles. The third-order valence-electron chi connectivity index (χ3n) is 3.86. The highest BCUT2D eigenvalue weighted by molar-refractivity contribution is 6.31. The van der Waals surface area contributed by atoms with E-state index in [0.717, 1.165) is 42.5 Å². The van der Waals surface area contributed by atoms with Crippen LogP contribution in [0.25, 0.3) is 10.9 Å². The summed E-state index contributed by atoms with van der Waals surface area (Å²) in [6, 6.07) is 7.24. The zero-order chi connectivity index (χ0) is 14.8. The monoisotopic (exact) mass is 303 g/mol. The van der Waals surface area contributed by atoms with E-state index in [9.17, 15) is 4.79 Å². The minimum Gasteiger partial charge on any atom is -0.373 e. The third-order valence-corrected chi connectivity index (χ3v) is 4.10. The van der Waals surface area contributed by atoms with Gasteiger partial charge in [-0.25, -0.2) is 0 Å². The number of aromatic nitrogens is 1. The van der Waals surface area contributed by atoms with Crippen molar-refractivity contribution < 1.29 is 4.79 Å². The van der Waals surface area contributed by atoms with Crippen molar-refractivity contribution in [3.8, 4) is 0 Å². The molecule has 1 aliphatic rings. The van der Waals surface area contributed by atoms with Gasteiger partial charge in [0.25, 0.3) is 0 Å². The molecule has 1 aliphatic heterocycles. The van der Waals surface area contributed by atoms with Gasteiger partial charge in [-0.2, -0.15) is 0 Å². The number of fused-ring (bicyclic) bond motifs is 1. The number of carbonyl (C=O) groups is 1. The van der Waals surface area contributed by atoms with E-state index in [1.54, 1.807) is 6.20 Å². The fourth-order valence-corrected chi connectivity index (χ4v) is 2.92. The maximum absolute atomic E-state index is 12.4. The average molecular weight is 304 g/mol. The van der Waals surface area contributed by atoms with Crippen molar-refractivity contribution in [3.63, 3.8) is 0 Å². The van der Waals surface area contributed by atoms with Crippen LogP contribution in [0.5, 0.6) is 0 Å². The summed E-state index contributed by atoms with van der Waals surface area (Å²) in [5.41, 5.74) is 1.74. The van der Waals surface area contributed by atoms with E-state index in [1.165, 1.54) is 0 Å². The molecule has 1 fully saturated rings. The van der Waals surface area contributed by atoms with Gasteiger partial charge in [0.15, 0.2) is 0 Å². The molecule has 0 saturated carbocycles. The minimum atomic E-state index is -0.246. The highest BCUT2D eigenvalue weighted by Crippen LogP contribution is 2.25. The van der Waals surface area contributed by atoms with Crippen molar-refractivity contribution in [2.45, 2.75) is 25.8 Å². The molecular formula is C16H18ClN3O. The summed E-state index contributed by atoms with van der Waals surface area (Å²) in [6.07, 6.45) is 3.94. The Hall–Kier alpha value is -1.81. The number of rotatable bonds is 3. The molecule has 0 aliphatic carbocycles. The molecule has 0 radical (unpaired) electrons. The largest absolute Gasteiger partial charge is 0.373 e. The molecule has 4 nitrogen and oxygen atoms in total. The smallest absolute Gasteiger partial charge is 0.244 e. The van der Waals surface area contributed by atoms with Crippen molar-refractivity contribution in [1.82, 2.24) is 9.88 Å². The number of pyridine rings is 1. The molecule has 0 bridgehead atoms. The van der Waals surface area contributed by atoms with Crippen LogP contribution in [-0.4, -0.2) is 34.9 Å². The zero-order valence-corrected chi connectivity index (χ0v) is 12.7. The standard InChI is InChI=1S/C16H18ClN3O/c1-11(16(21)20-8-2-3-9-20)19-14-6-7-18-15-10-12(17)4-5-13(14)15/h4-7,10-11H,2-3,8-9H2,1H3,(H,18,19). The molecule has 110 valence electrons. The molecule has 1 saturated heterocycles. The number of anilines is 1. The molecule has 1 N–H and O–H groups in total. The quantitative estimate of drug-likeness (QED) is 0.946. The second kappa shape index (κ2) is 5.90. The van der Waals surface area contributed by atoms with E-state index in [4.69, 9.17) is 11.6 Å². The van der Waals surface area contributed by atoms with Crippen LogP contribution in [0, 0.1) is 0 Å². The SMILES string of the molecule is CC(Nc1ccnc2cc(Cl)ccc12)C(=O)N1CCCC1. The van der Waals surface area contributed by atoms with Gasteiger partial charge in [-0.1, -0.05) is 11.6 Å². The van der Waals surface area contributed by atoms with Crippen LogP contribution in [0.2, 0.25) is 5.02 Å².